The van der Waals surface area contributed by atoms with Gasteiger partial charge in [0, 0.05) is 18.4 Å². The van der Waals surface area contributed by atoms with E-state index in [1.807, 2.05) is 13.0 Å². The molecule has 1 rings (SSSR count). The molecule has 1 heterocycles. The molecular weight excluding hydrogens is 142 g/mol. The standard InChI is InChI=1S/C7H11N3O/c1-6-2-4-9-7(10-6)11-5-3-8/h2,4H,3,5,8H2,1H3. The molecule has 0 saturated carbocycles. The van der Waals surface area contributed by atoms with E-state index >= 15 is 0 Å². The van der Waals surface area contributed by atoms with E-state index in [0.29, 0.717) is 19.2 Å². The van der Waals surface area contributed by atoms with Crippen molar-refractivity contribution in [3.05, 3.63) is 18.0 Å². The third kappa shape index (κ3) is 2.51. The zero-order valence-corrected chi connectivity index (χ0v) is 6.45. The zero-order chi connectivity index (χ0) is 8.10. The summed E-state index contributed by atoms with van der Waals surface area (Å²) in [5.74, 6) is 0. The summed E-state index contributed by atoms with van der Waals surface area (Å²) in [6.45, 7) is 2.83. The summed E-state index contributed by atoms with van der Waals surface area (Å²) in [5, 5.41) is 0. The van der Waals surface area contributed by atoms with Crippen LogP contribution >= 0.6 is 0 Å². The van der Waals surface area contributed by atoms with E-state index in [2.05, 4.69) is 9.97 Å². The Labute approximate surface area is 65.4 Å². The van der Waals surface area contributed by atoms with Gasteiger partial charge in [0.15, 0.2) is 0 Å². The average molecular weight is 153 g/mol. The zero-order valence-electron chi connectivity index (χ0n) is 6.45. The van der Waals surface area contributed by atoms with Gasteiger partial charge in [-0.3, -0.25) is 0 Å². The van der Waals surface area contributed by atoms with Crippen LogP contribution in [0.25, 0.3) is 0 Å². The maximum Gasteiger partial charge on any atom is 0.316 e. The monoisotopic (exact) mass is 153 g/mol. The van der Waals surface area contributed by atoms with Crippen LogP contribution in [-0.2, 0) is 0 Å². The molecule has 60 valence electrons. The van der Waals surface area contributed by atoms with Gasteiger partial charge in [0.1, 0.15) is 6.61 Å². The molecule has 0 unspecified atom stereocenters. The van der Waals surface area contributed by atoms with Gasteiger partial charge in [-0.1, -0.05) is 0 Å². The molecular formula is C7H11N3O. The van der Waals surface area contributed by atoms with Gasteiger partial charge in [-0.25, -0.2) is 9.97 Å². The number of aryl methyl sites for hydroxylation is 1. The Hall–Kier alpha value is -1.16. The van der Waals surface area contributed by atoms with Crippen molar-refractivity contribution in [2.24, 2.45) is 5.73 Å². The van der Waals surface area contributed by atoms with Gasteiger partial charge in [0.05, 0.1) is 0 Å². The second-order valence-electron chi connectivity index (χ2n) is 2.12. The van der Waals surface area contributed by atoms with E-state index in [-0.39, 0.29) is 0 Å². The van der Waals surface area contributed by atoms with Crippen molar-refractivity contribution < 1.29 is 4.74 Å². The van der Waals surface area contributed by atoms with Crippen LogP contribution in [0.1, 0.15) is 5.69 Å². The van der Waals surface area contributed by atoms with Crippen LogP contribution < -0.4 is 10.5 Å². The fourth-order valence-electron chi connectivity index (χ4n) is 0.646. The molecule has 0 amide bonds. The average Bonchev–Trinajstić information content (AvgIpc) is 2.01. The number of aromatic nitrogens is 2. The Balaban J connectivity index is 2.56. The van der Waals surface area contributed by atoms with E-state index < -0.39 is 0 Å². The maximum atomic E-state index is 5.23. The van der Waals surface area contributed by atoms with E-state index in [0.717, 1.165) is 5.69 Å². The fourth-order valence-corrected chi connectivity index (χ4v) is 0.646. The molecule has 0 spiro atoms. The van der Waals surface area contributed by atoms with Gasteiger partial charge in [0.25, 0.3) is 0 Å². The van der Waals surface area contributed by atoms with Crippen LogP contribution in [-0.4, -0.2) is 23.1 Å². The van der Waals surface area contributed by atoms with E-state index in [1.165, 1.54) is 0 Å². The van der Waals surface area contributed by atoms with Crippen LogP contribution in [0.5, 0.6) is 6.01 Å². The fraction of sp³-hybridized carbons (Fsp3) is 0.429. The van der Waals surface area contributed by atoms with Crippen molar-refractivity contribution in [1.29, 1.82) is 0 Å². The van der Waals surface area contributed by atoms with Crippen molar-refractivity contribution >= 4 is 0 Å². The minimum Gasteiger partial charge on any atom is -0.462 e. The van der Waals surface area contributed by atoms with Gasteiger partial charge in [0.2, 0.25) is 0 Å². The maximum absolute atomic E-state index is 5.23. The first-order chi connectivity index (χ1) is 5.33. The highest BCUT2D eigenvalue weighted by Crippen LogP contribution is 2.00. The lowest BCUT2D eigenvalue weighted by molar-refractivity contribution is 0.301. The number of hydrogen-bond donors (Lipinski definition) is 1. The Bertz CT molecular complexity index is 227. The molecule has 0 atom stereocenters. The van der Waals surface area contributed by atoms with Crippen molar-refractivity contribution in [3.8, 4) is 6.01 Å². The number of nitrogens with zero attached hydrogens (tertiary/aromatic N) is 2. The Morgan fingerprint density at radius 2 is 2.45 bits per heavy atom. The summed E-state index contributed by atoms with van der Waals surface area (Å²) in [6.07, 6.45) is 1.66. The van der Waals surface area contributed by atoms with Crippen LogP contribution in [0.3, 0.4) is 0 Å². The Morgan fingerprint density at radius 3 is 3.09 bits per heavy atom. The number of ether oxygens (including phenoxy) is 1. The number of rotatable bonds is 3. The summed E-state index contributed by atoms with van der Waals surface area (Å²) < 4.78 is 5.09. The molecule has 4 nitrogen and oxygen atoms in total. The van der Waals surface area contributed by atoms with Gasteiger partial charge in [-0.15, -0.1) is 0 Å². The molecule has 1 aromatic heterocycles. The van der Waals surface area contributed by atoms with Crippen LogP contribution in [0.4, 0.5) is 0 Å². The molecule has 0 saturated heterocycles. The molecule has 1 aromatic rings. The summed E-state index contributed by atoms with van der Waals surface area (Å²) in [4.78, 5) is 7.91. The minimum absolute atomic E-state index is 0.399. The molecule has 0 aliphatic carbocycles. The van der Waals surface area contributed by atoms with Crippen LogP contribution in [0.2, 0.25) is 0 Å². The molecule has 0 aliphatic heterocycles. The Kier molecular flexibility index (Phi) is 2.80. The van der Waals surface area contributed by atoms with Crippen molar-refractivity contribution in [3.63, 3.8) is 0 Å². The van der Waals surface area contributed by atoms with E-state index in [4.69, 9.17) is 10.5 Å². The first-order valence-electron chi connectivity index (χ1n) is 3.45. The second-order valence-corrected chi connectivity index (χ2v) is 2.12. The third-order valence-electron chi connectivity index (χ3n) is 1.12. The highest BCUT2D eigenvalue weighted by molar-refractivity contribution is 5.02. The number of nitrogens with two attached hydrogens (primary N) is 1. The second kappa shape index (κ2) is 3.88. The highest BCUT2D eigenvalue weighted by Gasteiger charge is 1.94. The van der Waals surface area contributed by atoms with Crippen LogP contribution in [0.15, 0.2) is 12.3 Å². The molecule has 4 heteroatoms. The molecule has 0 aromatic carbocycles. The Morgan fingerprint density at radius 1 is 1.64 bits per heavy atom. The van der Waals surface area contributed by atoms with Crippen molar-refractivity contribution in [1.82, 2.24) is 9.97 Å². The van der Waals surface area contributed by atoms with Gasteiger partial charge in [-0.05, 0) is 13.0 Å². The predicted molar refractivity (Wildman–Crippen MR) is 41.3 cm³/mol. The van der Waals surface area contributed by atoms with Crippen LogP contribution in [0, 0.1) is 6.92 Å². The molecule has 0 aliphatic rings. The highest BCUT2D eigenvalue weighted by atomic mass is 16.5. The first kappa shape index (κ1) is 7.94. The summed E-state index contributed by atoms with van der Waals surface area (Å²) in [5.41, 5.74) is 6.13. The van der Waals surface area contributed by atoms with E-state index in [1.54, 1.807) is 6.20 Å². The molecule has 0 radical (unpaired) electrons. The molecule has 11 heavy (non-hydrogen) atoms. The van der Waals surface area contributed by atoms with E-state index in [9.17, 15) is 0 Å². The summed E-state index contributed by atoms with van der Waals surface area (Å²) in [7, 11) is 0. The molecule has 2 N–H and O–H groups in total. The number of hydrogen-bond acceptors (Lipinski definition) is 4. The quantitative estimate of drug-likeness (QED) is 0.670. The van der Waals surface area contributed by atoms with Gasteiger partial charge in [-0.2, -0.15) is 0 Å². The predicted octanol–water partition coefficient (Wildman–Crippen LogP) is 0.123. The van der Waals surface area contributed by atoms with Gasteiger partial charge >= 0.3 is 6.01 Å². The third-order valence-corrected chi connectivity index (χ3v) is 1.12. The van der Waals surface area contributed by atoms with Crippen molar-refractivity contribution in [2.75, 3.05) is 13.2 Å². The largest absolute Gasteiger partial charge is 0.462 e. The first-order valence-corrected chi connectivity index (χ1v) is 3.45. The SMILES string of the molecule is Cc1ccnc(OCCN)n1. The van der Waals surface area contributed by atoms with Crippen molar-refractivity contribution in [2.45, 2.75) is 6.92 Å². The molecule has 0 fully saturated rings. The smallest absolute Gasteiger partial charge is 0.316 e. The topological polar surface area (TPSA) is 61.0 Å². The normalized spacial score (nSPS) is 9.64. The lowest BCUT2D eigenvalue weighted by Gasteiger charge is -2.00. The minimum atomic E-state index is 0.399. The lowest BCUT2D eigenvalue weighted by Crippen LogP contribution is -2.12. The lowest BCUT2D eigenvalue weighted by atomic mass is 10.5. The van der Waals surface area contributed by atoms with Gasteiger partial charge < -0.3 is 10.5 Å². The summed E-state index contributed by atoms with van der Waals surface area (Å²) in [6, 6.07) is 2.21. The summed E-state index contributed by atoms with van der Waals surface area (Å²) >= 11 is 0. The molecule has 0 bridgehead atoms.